The summed E-state index contributed by atoms with van der Waals surface area (Å²) >= 11 is 0. The number of esters is 1. The summed E-state index contributed by atoms with van der Waals surface area (Å²) < 4.78 is 7.27. The molecule has 32 heavy (non-hydrogen) atoms. The molecule has 2 aromatic heterocycles. The minimum Gasteiger partial charge on any atom is -0.462 e. The Balaban J connectivity index is 1.43. The first kappa shape index (κ1) is 21.4. The molecule has 0 saturated heterocycles. The van der Waals surface area contributed by atoms with Crippen LogP contribution in [0.1, 0.15) is 42.4 Å². The van der Waals surface area contributed by atoms with Crippen LogP contribution in [0.15, 0.2) is 66.0 Å². The van der Waals surface area contributed by atoms with E-state index in [4.69, 9.17) is 4.74 Å². The Labute approximate surface area is 186 Å². The predicted octanol–water partition coefficient (Wildman–Crippen LogP) is 2.96. The zero-order chi connectivity index (χ0) is 22.7. The molecule has 1 unspecified atom stereocenters. The molecule has 3 aromatic rings. The highest BCUT2D eigenvalue weighted by atomic mass is 16.5. The van der Waals surface area contributed by atoms with Gasteiger partial charge in [-0.05, 0) is 42.7 Å². The van der Waals surface area contributed by atoms with Crippen LogP contribution in [0, 0.1) is 5.92 Å². The Morgan fingerprint density at radius 1 is 1.19 bits per heavy atom. The first-order valence-corrected chi connectivity index (χ1v) is 10.5. The second-order valence-electron chi connectivity index (χ2n) is 8.13. The maximum Gasteiger partial charge on any atom is 0.340 e. The van der Waals surface area contributed by atoms with Gasteiger partial charge in [0.2, 0.25) is 0 Å². The second kappa shape index (κ2) is 8.74. The molecule has 0 radical (unpaired) electrons. The van der Waals surface area contributed by atoms with E-state index in [1.54, 1.807) is 36.1 Å². The van der Waals surface area contributed by atoms with Crippen LogP contribution in [0.5, 0.6) is 0 Å². The number of pyridine rings is 1. The number of hydrogen-bond acceptors (Lipinski definition) is 6. The highest BCUT2D eigenvalue weighted by molar-refractivity contribution is 6.17. The van der Waals surface area contributed by atoms with Gasteiger partial charge in [0.05, 0.1) is 24.1 Å². The van der Waals surface area contributed by atoms with Crippen LogP contribution in [-0.2, 0) is 16.0 Å². The Kier molecular flexibility index (Phi) is 5.85. The number of rotatable bonds is 7. The fourth-order valence-corrected chi connectivity index (χ4v) is 3.36. The zero-order valence-electron chi connectivity index (χ0n) is 18.3. The Hall–Kier alpha value is -3.81. The van der Waals surface area contributed by atoms with Gasteiger partial charge in [0, 0.05) is 18.8 Å². The average molecular weight is 431 g/mol. The third kappa shape index (κ3) is 4.16. The van der Waals surface area contributed by atoms with E-state index in [-0.39, 0.29) is 24.0 Å². The Morgan fingerprint density at radius 2 is 1.97 bits per heavy atom. The van der Waals surface area contributed by atoms with Crippen molar-refractivity contribution in [1.29, 1.82) is 0 Å². The molecular weight excluding hydrogens is 406 g/mol. The fourth-order valence-electron chi connectivity index (χ4n) is 3.36. The van der Waals surface area contributed by atoms with Gasteiger partial charge in [-0.25, -0.2) is 14.5 Å². The minimum atomic E-state index is -0.896. The van der Waals surface area contributed by atoms with E-state index in [1.807, 2.05) is 50.4 Å². The summed E-state index contributed by atoms with van der Waals surface area (Å²) in [6, 6.07) is 13.1. The number of aliphatic imine (C=N–C) groups is 1. The molecule has 3 heterocycles. The summed E-state index contributed by atoms with van der Waals surface area (Å²) in [4.78, 5) is 34.1. The first-order chi connectivity index (χ1) is 15.4. The van der Waals surface area contributed by atoms with Crippen molar-refractivity contribution in [3.05, 3.63) is 77.9 Å². The molecule has 1 aliphatic rings. The highest BCUT2D eigenvalue weighted by Crippen LogP contribution is 2.27. The summed E-state index contributed by atoms with van der Waals surface area (Å²) in [6.07, 6.45) is 5.75. The molecule has 1 amide bonds. The smallest absolute Gasteiger partial charge is 0.340 e. The van der Waals surface area contributed by atoms with Crippen molar-refractivity contribution in [2.45, 2.75) is 32.7 Å². The molecule has 8 heteroatoms. The van der Waals surface area contributed by atoms with Crippen LogP contribution in [0.3, 0.4) is 0 Å². The van der Waals surface area contributed by atoms with Gasteiger partial charge in [0.15, 0.2) is 5.84 Å². The van der Waals surface area contributed by atoms with Crippen molar-refractivity contribution >= 4 is 17.7 Å². The third-order valence-electron chi connectivity index (χ3n) is 5.69. The number of para-hydroxylation sites is 1. The van der Waals surface area contributed by atoms with Crippen LogP contribution in [0.2, 0.25) is 0 Å². The van der Waals surface area contributed by atoms with Gasteiger partial charge in [-0.15, -0.1) is 0 Å². The second-order valence-corrected chi connectivity index (χ2v) is 8.13. The van der Waals surface area contributed by atoms with E-state index < -0.39 is 11.5 Å². The van der Waals surface area contributed by atoms with E-state index in [0.717, 1.165) is 11.3 Å². The number of benzene rings is 1. The maximum absolute atomic E-state index is 12.8. The molecule has 1 N–H and O–H groups in total. The standard InChI is InChI=1S/C24H25N5O3/c1-16(2)24(3)23(31)27-21(28-24)20-19(10-7-12-25-20)22(30)32-13-11-17-14-26-29(15-17)18-8-5-4-6-9-18/h4-10,12,14-16H,11,13H2,1-3H3,(H,27,28,31). The molecule has 0 fully saturated rings. The molecule has 8 nitrogen and oxygen atoms in total. The molecule has 0 saturated carbocycles. The van der Waals surface area contributed by atoms with Crippen molar-refractivity contribution in [2.24, 2.45) is 10.9 Å². The summed E-state index contributed by atoms with van der Waals surface area (Å²) in [7, 11) is 0. The molecule has 0 spiro atoms. The number of nitrogens with zero attached hydrogens (tertiary/aromatic N) is 4. The van der Waals surface area contributed by atoms with Crippen LogP contribution < -0.4 is 5.32 Å². The molecule has 4 rings (SSSR count). The van der Waals surface area contributed by atoms with E-state index >= 15 is 0 Å². The number of ether oxygens (including phenoxy) is 1. The lowest BCUT2D eigenvalue weighted by Gasteiger charge is -2.21. The number of hydrogen-bond donors (Lipinski definition) is 1. The Morgan fingerprint density at radius 3 is 2.69 bits per heavy atom. The molecule has 0 bridgehead atoms. The maximum atomic E-state index is 12.8. The summed E-state index contributed by atoms with van der Waals surface area (Å²) in [6.45, 7) is 5.83. The molecule has 1 atom stereocenters. The van der Waals surface area contributed by atoms with Crippen molar-refractivity contribution in [3.8, 4) is 5.69 Å². The number of aromatic nitrogens is 3. The lowest BCUT2D eigenvalue weighted by Crippen LogP contribution is -2.41. The lowest BCUT2D eigenvalue weighted by molar-refractivity contribution is -0.124. The molecule has 0 aliphatic carbocycles. The number of nitrogens with one attached hydrogen (secondary N) is 1. The van der Waals surface area contributed by atoms with E-state index in [0.29, 0.717) is 18.0 Å². The van der Waals surface area contributed by atoms with Gasteiger partial charge in [-0.2, -0.15) is 5.10 Å². The average Bonchev–Trinajstić information content (AvgIpc) is 3.39. The molecule has 1 aromatic carbocycles. The van der Waals surface area contributed by atoms with E-state index in [9.17, 15) is 9.59 Å². The van der Waals surface area contributed by atoms with Crippen molar-refractivity contribution in [2.75, 3.05) is 6.61 Å². The number of amidine groups is 1. The van der Waals surface area contributed by atoms with Crippen LogP contribution >= 0.6 is 0 Å². The minimum absolute atomic E-state index is 0.00378. The molecule has 1 aliphatic heterocycles. The highest BCUT2D eigenvalue weighted by Gasteiger charge is 2.43. The number of carbonyl (C=O) groups excluding carboxylic acids is 2. The summed E-state index contributed by atoms with van der Waals surface area (Å²) in [5.74, 6) is -0.430. The van der Waals surface area contributed by atoms with Gasteiger partial charge in [-0.1, -0.05) is 32.0 Å². The lowest BCUT2D eigenvalue weighted by atomic mass is 9.89. The van der Waals surface area contributed by atoms with Gasteiger partial charge in [0.1, 0.15) is 11.2 Å². The monoisotopic (exact) mass is 431 g/mol. The van der Waals surface area contributed by atoms with E-state index in [2.05, 4.69) is 20.4 Å². The topological polar surface area (TPSA) is 98.5 Å². The SMILES string of the molecule is CC(C)C1(C)N=C(c2ncccc2C(=O)OCCc2cnn(-c3ccccc3)c2)NC1=O. The number of amides is 1. The van der Waals surface area contributed by atoms with Crippen molar-refractivity contribution in [3.63, 3.8) is 0 Å². The van der Waals surface area contributed by atoms with Gasteiger partial charge >= 0.3 is 5.97 Å². The molecule has 164 valence electrons. The summed E-state index contributed by atoms with van der Waals surface area (Å²) in [5, 5.41) is 7.12. The van der Waals surface area contributed by atoms with Gasteiger partial charge in [0.25, 0.3) is 5.91 Å². The predicted molar refractivity (Wildman–Crippen MR) is 120 cm³/mol. The molecular formula is C24H25N5O3. The fraction of sp³-hybridized carbons (Fsp3) is 0.292. The van der Waals surface area contributed by atoms with E-state index in [1.165, 1.54) is 0 Å². The van der Waals surface area contributed by atoms with Crippen molar-refractivity contribution in [1.82, 2.24) is 20.1 Å². The summed E-state index contributed by atoms with van der Waals surface area (Å²) in [5.41, 5.74) is 1.59. The van der Waals surface area contributed by atoms with Crippen LogP contribution in [0.4, 0.5) is 0 Å². The van der Waals surface area contributed by atoms with Crippen LogP contribution in [0.25, 0.3) is 5.69 Å². The Bertz CT molecular complexity index is 1170. The van der Waals surface area contributed by atoms with Gasteiger partial charge in [-0.3, -0.25) is 9.78 Å². The quantitative estimate of drug-likeness (QED) is 0.580. The largest absolute Gasteiger partial charge is 0.462 e. The van der Waals surface area contributed by atoms with Crippen molar-refractivity contribution < 1.29 is 14.3 Å². The zero-order valence-corrected chi connectivity index (χ0v) is 18.3. The normalized spacial score (nSPS) is 17.9. The third-order valence-corrected chi connectivity index (χ3v) is 5.69. The van der Waals surface area contributed by atoms with Gasteiger partial charge < -0.3 is 10.1 Å². The number of carbonyl (C=O) groups is 2. The first-order valence-electron chi connectivity index (χ1n) is 10.5. The van der Waals surface area contributed by atoms with Crippen LogP contribution in [-0.4, -0.2) is 44.6 Å².